The number of hydrogen-bond acceptors (Lipinski definition) is 15. The second-order valence-corrected chi connectivity index (χ2v) is 22.5. The lowest BCUT2D eigenvalue weighted by Gasteiger charge is -2.27. The molecule has 2 saturated carbocycles. The number of nitrogens with zero attached hydrogens (tertiary/aromatic N) is 9. The molecule has 2 saturated heterocycles. The number of hydrogen-bond donors (Lipinski definition) is 6. The van der Waals surface area contributed by atoms with Gasteiger partial charge in [-0.25, -0.2) is 24.5 Å². The number of imidazole rings is 3. The molecule has 6 aliphatic rings. The summed E-state index contributed by atoms with van der Waals surface area (Å²) in [5.74, 6) is -3.54. The topological polar surface area (TPSA) is 334 Å². The van der Waals surface area contributed by atoms with Gasteiger partial charge in [0.15, 0.2) is 17.5 Å². The number of allylic oxidation sites excluding steroid dienone is 4. The number of likely N-dealkylation sites (tertiary alicyclic amines) is 2. The molecule has 6 aromatic heterocycles. The molecular weight excluding hydrogens is 1110 g/mol. The molecule has 4 fully saturated rings. The number of fused-ring (bicyclic) bond motifs is 2. The van der Waals surface area contributed by atoms with Gasteiger partial charge in [-0.05, 0) is 69.6 Å². The van der Waals surface area contributed by atoms with Crippen molar-refractivity contribution in [3.8, 4) is 0 Å². The second-order valence-electron chi connectivity index (χ2n) is 22.5. The highest BCUT2D eigenvalue weighted by Crippen LogP contribution is 2.68. The Kier molecular flexibility index (Phi) is 13.5. The number of aryl methyl sites for hydroxylation is 6. The monoisotopic (exact) mass is 1170 g/mol. The number of ketones is 2. The fourth-order valence-corrected chi connectivity index (χ4v) is 13.0. The molecule has 8 heterocycles. The van der Waals surface area contributed by atoms with Gasteiger partial charge in [0.1, 0.15) is 5.82 Å². The van der Waals surface area contributed by atoms with Gasteiger partial charge < -0.3 is 68.8 Å². The van der Waals surface area contributed by atoms with E-state index in [-0.39, 0.29) is 89.0 Å². The summed E-state index contributed by atoms with van der Waals surface area (Å²) in [7, 11) is 9.21. The maximum Gasteiger partial charge on any atom is 0.340 e. The van der Waals surface area contributed by atoms with Gasteiger partial charge in [-0.2, -0.15) is 0 Å². The number of esters is 2. The van der Waals surface area contributed by atoms with Crippen molar-refractivity contribution in [1.29, 1.82) is 0 Å². The highest BCUT2D eigenvalue weighted by Gasteiger charge is 2.70. The largest absolute Gasteiger partial charge is 0.465 e. The summed E-state index contributed by atoms with van der Waals surface area (Å²) < 4.78 is 16.3. The van der Waals surface area contributed by atoms with E-state index in [1.54, 1.807) is 85.5 Å². The van der Waals surface area contributed by atoms with Gasteiger partial charge in [0.25, 0.3) is 23.6 Å². The predicted molar refractivity (Wildman–Crippen MR) is 306 cm³/mol. The molecule has 2 aliphatic heterocycles. The number of unbranched alkanes of at least 4 members (excludes halogenated alkanes) is 1. The number of aromatic amines is 2. The van der Waals surface area contributed by atoms with Crippen LogP contribution >= 0.6 is 0 Å². The zero-order chi connectivity index (χ0) is 61.0. The third kappa shape index (κ3) is 9.25. The van der Waals surface area contributed by atoms with E-state index in [1.165, 1.54) is 66.1 Å². The van der Waals surface area contributed by atoms with Crippen LogP contribution in [-0.4, -0.2) is 139 Å². The smallest absolute Gasteiger partial charge is 0.340 e. The number of aromatic nitrogens is 9. The number of carbonyl (C=O) groups is 10. The third-order valence-corrected chi connectivity index (χ3v) is 17.1. The molecule has 6 N–H and O–H groups in total. The molecular formula is C59H59N15O12. The van der Waals surface area contributed by atoms with E-state index in [9.17, 15) is 47.9 Å². The number of ether oxygens (including phenoxy) is 2. The molecule has 0 unspecified atom stereocenters. The first-order valence-corrected chi connectivity index (χ1v) is 27.7. The Morgan fingerprint density at radius 2 is 1.06 bits per heavy atom. The number of anilines is 4. The molecule has 4 aliphatic carbocycles. The van der Waals surface area contributed by atoms with Crippen LogP contribution in [0.1, 0.15) is 135 Å². The Bertz CT molecular complexity index is 3910. The average Bonchev–Trinajstić information content (AvgIpc) is 1.51. The third-order valence-electron chi connectivity index (χ3n) is 17.1. The first-order chi connectivity index (χ1) is 41.0. The predicted octanol–water partition coefficient (Wildman–Crippen LogP) is 4.50. The van der Waals surface area contributed by atoms with Crippen molar-refractivity contribution in [3.05, 3.63) is 135 Å². The minimum atomic E-state index is -0.637. The number of amides is 6. The minimum Gasteiger partial charge on any atom is -0.465 e. The van der Waals surface area contributed by atoms with Crippen molar-refractivity contribution >= 4 is 94.2 Å². The van der Waals surface area contributed by atoms with Gasteiger partial charge in [-0.15, -0.1) is 0 Å². The Labute approximate surface area is 489 Å². The van der Waals surface area contributed by atoms with Crippen LogP contribution in [0.4, 0.5) is 23.1 Å². The van der Waals surface area contributed by atoms with Crippen LogP contribution in [0.5, 0.6) is 0 Å². The van der Waals surface area contributed by atoms with Gasteiger partial charge in [-0.1, -0.05) is 0 Å². The minimum absolute atomic E-state index is 0.0119. The van der Waals surface area contributed by atoms with E-state index in [1.807, 2.05) is 0 Å². The number of rotatable bonds is 17. The fraction of sp³-hybridized carbons (Fsp3) is 0.339. The lowest BCUT2D eigenvalue weighted by atomic mass is 9.82. The quantitative estimate of drug-likeness (QED) is 0.0416. The van der Waals surface area contributed by atoms with E-state index in [4.69, 9.17) is 9.47 Å². The summed E-state index contributed by atoms with van der Waals surface area (Å²) in [6.45, 7) is 4.19. The lowest BCUT2D eigenvalue weighted by Crippen LogP contribution is -2.33. The molecule has 2 spiro atoms. The van der Waals surface area contributed by atoms with Gasteiger partial charge >= 0.3 is 11.9 Å². The normalized spacial score (nSPS) is 20.1. The second kappa shape index (κ2) is 20.7. The first kappa shape index (κ1) is 56.0. The van der Waals surface area contributed by atoms with Crippen LogP contribution in [0.25, 0.3) is 12.2 Å². The van der Waals surface area contributed by atoms with Crippen molar-refractivity contribution in [2.75, 3.05) is 48.6 Å². The van der Waals surface area contributed by atoms with E-state index in [0.717, 1.165) is 0 Å². The maximum atomic E-state index is 13.7. The summed E-state index contributed by atoms with van der Waals surface area (Å²) >= 11 is 0. The number of methoxy groups -OCH3 is 2. The van der Waals surface area contributed by atoms with Gasteiger partial charge in [0.2, 0.25) is 35.0 Å². The van der Waals surface area contributed by atoms with Crippen LogP contribution in [0.15, 0.2) is 66.6 Å². The summed E-state index contributed by atoms with van der Waals surface area (Å²) in [5.41, 5.74) is 4.49. The van der Waals surface area contributed by atoms with Crippen molar-refractivity contribution in [2.45, 2.75) is 63.2 Å². The van der Waals surface area contributed by atoms with Crippen LogP contribution in [0.3, 0.4) is 0 Å². The van der Waals surface area contributed by atoms with Crippen molar-refractivity contribution in [2.24, 2.45) is 40.0 Å². The molecule has 4 atom stereocenters. The van der Waals surface area contributed by atoms with Crippen LogP contribution in [0.2, 0.25) is 0 Å². The summed E-state index contributed by atoms with van der Waals surface area (Å²) in [4.78, 5) is 154. The fourth-order valence-electron chi connectivity index (χ4n) is 13.0. The lowest BCUT2D eigenvalue weighted by molar-refractivity contribution is -0.124. The number of carbonyl (C=O) groups excluding carboxylic acids is 10. The summed E-state index contributed by atoms with van der Waals surface area (Å²) in [6.07, 6.45) is 17.2. The van der Waals surface area contributed by atoms with Gasteiger partial charge in [0, 0.05) is 154 Å². The Morgan fingerprint density at radius 3 is 1.55 bits per heavy atom. The highest BCUT2D eigenvalue weighted by atomic mass is 16.5. The van der Waals surface area contributed by atoms with E-state index in [2.05, 4.69) is 46.2 Å². The molecule has 12 rings (SSSR count). The SMILES string of the molecule is COC(=O)c1c(C)[nH]c2c1[C@@]13C[C@@H]1CN(C(=O)/C=C/c1cc(NC(=O)c4nc(NC(=O)CCCCC(=O)Nc5cn(C)c(C(=O)Nc6cn(C)c(/C=C/C(=O)N7C[C@H]8C[C@@]89C7=CC(=O)c7[nH]c(C)c(C(=O)OC)c79)n6)n5)cn4C)cn1C)C3=CC2=O. The molecule has 0 aromatic carbocycles. The number of piperidine rings is 2. The zero-order valence-electron chi connectivity index (χ0n) is 48.1. The van der Waals surface area contributed by atoms with Crippen LogP contribution < -0.4 is 21.3 Å². The van der Waals surface area contributed by atoms with E-state index >= 15 is 0 Å². The molecule has 0 radical (unpaired) electrons. The standard InChI is InChI=1S/C59H59N15O12/c1-28-46(56(83)85-7)48-50(60-28)34(75)18-36-58(48)20-30(58)22-73(36)44(79)15-13-33-17-32(24-69(33)3)62-54(81)52-66-39(26-71(52)5)64-42(77)11-9-10-12-43(78)65-40-27-72(6)53(67-40)55(82)68-38-25-70(4)41(63-38)14-16-45(80)74-23-31-21-59(31)37(74)19-35(76)51-49(59)47(29(2)61-51)57(84)86-8/h13-19,24-27,30-31,60-61H,9-12,20-23H2,1-8H3,(H,62,81)(H,64,77)(H,65,78)(H,68,82)/b15-13+,16-14+/t30-,31-,58+,59+/m1/s1. The molecule has 27 heteroatoms. The van der Waals surface area contributed by atoms with Crippen LogP contribution in [-0.2, 0) is 67.7 Å². The number of nitrogens with one attached hydrogen (secondary N) is 6. The van der Waals surface area contributed by atoms with Gasteiger partial charge in [-0.3, -0.25) is 38.4 Å². The number of H-pyrrole nitrogens is 2. The molecule has 0 bridgehead atoms. The van der Waals surface area contributed by atoms with Crippen molar-refractivity contribution in [1.82, 2.24) is 53.0 Å². The van der Waals surface area contributed by atoms with E-state index in [0.29, 0.717) is 112 Å². The Balaban J connectivity index is 0.580. The molecule has 6 amide bonds. The van der Waals surface area contributed by atoms with Crippen molar-refractivity contribution in [3.63, 3.8) is 0 Å². The van der Waals surface area contributed by atoms with Crippen molar-refractivity contribution < 1.29 is 57.4 Å². The average molecular weight is 1170 g/mol. The summed E-state index contributed by atoms with van der Waals surface area (Å²) in [5, 5.41) is 10.9. The molecule has 27 nitrogen and oxygen atoms in total. The molecule has 6 aromatic rings. The Hall–Kier alpha value is -10.5. The van der Waals surface area contributed by atoms with E-state index < -0.39 is 34.6 Å². The zero-order valence-corrected chi connectivity index (χ0v) is 48.1. The maximum absolute atomic E-state index is 13.7. The van der Waals surface area contributed by atoms with Gasteiger partial charge in [0.05, 0.1) is 42.4 Å². The molecule has 86 heavy (non-hydrogen) atoms. The summed E-state index contributed by atoms with van der Waals surface area (Å²) in [6, 6.07) is 1.68. The Morgan fingerprint density at radius 1 is 0.605 bits per heavy atom. The highest BCUT2D eigenvalue weighted by molar-refractivity contribution is 6.13. The molecule has 442 valence electrons. The first-order valence-electron chi connectivity index (χ1n) is 27.7. The van der Waals surface area contributed by atoms with Crippen LogP contribution in [0, 0.1) is 25.7 Å².